The average Bonchev–Trinajstić information content (AvgIpc) is 2.72. The van der Waals surface area contributed by atoms with Crippen molar-refractivity contribution in [3.05, 3.63) is 10.6 Å². The van der Waals surface area contributed by atoms with Crippen molar-refractivity contribution in [1.29, 1.82) is 0 Å². The van der Waals surface area contributed by atoms with E-state index in [9.17, 15) is 0 Å². The molecule has 7 heteroatoms. The Morgan fingerprint density at radius 2 is 2.19 bits per heavy atom. The molecule has 0 radical (unpaired) electrons. The number of methoxy groups -OCH3 is 2. The highest BCUT2D eigenvalue weighted by Gasteiger charge is 2.17. The molecular formula is C14H25N3O3S. The molecular weight excluding hydrogens is 290 g/mol. The van der Waals surface area contributed by atoms with Crippen molar-refractivity contribution in [1.82, 2.24) is 10.3 Å². The van der Waals surface area contributed by atoms with Crippen LogP contribution in [0, 0.1) is 0 Å². The fourth-order valence-electron chi connectivity index (χ4n) is 2.21. The lowest BCUT2D eigenvalue weighted by Crippen LogP contribution is -2.25. The quantitative estimate of drug-likeness (QED) is 0.729. The Bertz CT molecular complexity index is 406. The second kappa shape index (κ2) is 9.32. The molecule has 1 aliphatic rings. The zero-order valence-corrected chi connectivity index (χ0v) is 13.7. The first-order valence-electron chi connectivity index (χ1n) is 7.35. The van der Waals surface area contributed by atoms with E-state index in [1.807, 2.05) is 0 Å². The maximum Gasteiger partial charge on any atom is 0.185 e. The van der Waals surface area contributed by atoms with Gasteiger partial charge in [-0.15, -0.1) is 11.3 Å². The van der Waals surface area contributed by atoms with E-state index in [2.05, 4.69) is 10.2 Å². The smallest absolute Gasteiger partial charge is 0.185 e. The summed E-state index contributed by atoms with van der Waals surface area (Å²) < 4.78 is 15.8. The molecule has 0 saturated carbocycles. The first kappa shape index (κ1) is 16.6. The first-order chi connectivity index (χ1) is 10.3. The molecule has 0 aromatic carbocycles. The summed E-state index contributed by atoms with van der Waals surface area (Å²) in [5.74, 6) is 0. The van der Waals surface area contributed by atoms with E-state index in [1.54, 1.807) is 25.6 Å². The van der Waals surface area contributed by atoms with Crippen molar-refractivity contribution >= 4 is 16.5 Å². The molecule has 1 aromatic heterocycles. The minimum absolute atomic E-state index is 0.558. The van der Waals surface area contributed by atoms with Gasteiger partial charge in [-0.05, 0) is 6.42 Å². The van der Waals surface area contributed by atoms with Gasteiger partial charge in [-0.1, -0.05) is 0 Å². The summed E-state index contributed by atoms with van der Waals surface area (Å²) in [5.41, 5.74) is 1.03. The van der Waals surface area contributed by atoms with Crippen LogP contribution in [0.4, 0.5) is 5.13 Å². The third-order valence-corrected chi connectivity index (χ3v) is 4.47. The van der Waals surface area contributed by atoms with Crippen LogP contribution >= 0.6 is 11.3 Å². The Labute approximate surface area is 130 Å². The third kappa shape index (κ3) is 5.19. The number of nitrogens with one attached hydrogen (secondary N) is 1. The lowest BCUT2D eigenvalue weighted by molar-refractivity contribution is 0.152. The van der Waals surface area contributed by atoms with Crippen molar-refractivity contribution in [2.75, 3.05) is 58.6 Å². The van der Waals surface area contributed by atoms with Crippen LogP contribution in [0.3, 0.4) is 0 Å². The summed E-state index contributed by atoms with van der Waals surface area (Å²) in [6, 6.07) is 0. The molecule has 1 aromatic rings. The van der Waals surface area contributed by atoms with Gasteiger partial charge < -0.3 is 24.4 Å². The van der Waals surface area contributed by atoms with E-state index in [1.165, 1.54) is 4.88 Å². The Morgan fingerprint density at radius 3 is 3.00 bits per heavy atom. The van der Waals surface area contributed by atoms with Crippen LogP contribution in [0.1, 0.15) is 17.0 Å². The number of rotatable bonds is 8. The van der Waals surface area contributed by atoms with Crippen LogP contribution in [0.2, 0.25) is 0 Å². The van der Waals surface area contributed by atoms with Crippen LogP contribution in [0.5, 0.6) is 0 Å². The van der Waals surface area contributed by atoms with Crippen molar-refractivity contribution in [3.8, 4) is 0 Å². The fourth-order valence-corrected chi connectivity index (χ4v) is 3.29. The van der Waals surface area contributed by atoms with E-state index in [0.717, 1.165) is 56.6 Å². The molecule has 120 valence electrons. The maximum atomic E-state index is 5.51. The summed E-state index contributed by atoms with van der Waals surface area (Å²) in [7, 11) is 3.42. The van der Waals surface area contributed by atoms with Gasteiger partial charge in [0, 0.05) is 51.9 Å². The maximum absolute atomic E-state index is 5.51. The Morgan fingerprint density at radius 1 is 1.29 bits per heavy atom. The SMILES string of the molecule is COCCNCc1sc(N2CCCOCC2)nc1COC. The topological polar surface area (TPSA) is 55.9 Å². The average molecular weight is 315 g/mol. The minimum atomic E-state index is 0.558. The van der Waals surface area contributed by atoms with Gasteiger partial charge >= 0.3 is 0 Å². The van der Waals surface area contributed by atoms with Crippen LogP contribution in [0.25, 0.3) is 0 Å². The Kier molecular flexibility index (Phi) is 7.38. The molecule has 1 saturated heterocycles. The van der Waals surface area contributed by atoms with E-state index in [4.69, 9.17) is 19.2 Å². The number of aromatic nitrogens is 1. The predicted octanol–water partition coefficient (Wildman–Crippen LogP) is 1.25. The Hall–Kier alpha value is -0.730. The van der Waals surface area contributed by atoms with Gasteiger partial charge in [0.05, 0.1) is 25.5 Å². The largest absolute Gasteiger partial charge is 0.383 e. The summed E-state index contributed by atoms with van der Waals surface area (Å²) in [5, 5.41) is 4.46. The second-order valence-corrected chi connectivity index (χ2v) is 5.98. The zero-order valence-electron chi connectivity index (χ0n) is 12.9. The lowest BCUT2D eigenvalue weighted by Gasteiger charge is -2.17. The molecule has 0 unspecified atom stereocenters. The van der Waals surface area contributed by atoms with Crippen LogP contribution in [-0.2, 0) is 27.4 Å². The monoisotopic (exact) mass is 315 g/mol. The summed E-state index contributed by atoms with van der Waals surface area (Å²) >= 11 is 1.75. The summed E-state index contributed by atoms with van der Waals surface area (Å²) in [6.45, 7) is 6.47. The predicted molar refractivity (Wildman–Crippen MR) is 84.1 cm³/mol. The first-order valence-corrected chi connectivity index (χ1v) is 8.16. The van der Waals surface area contributed by atoms with E-state index in [0.29, 0.717) is 13.2 Å². The molecule has 0 aliphatic carbocycles. The molecule has 2 heterocycles. The highest BCUT2D eigenvalue weighted by Crippen LogP contribution is 2.27. The van der Waals surface area contributed by atoms with Crippen molar-refractivity contribution in [2.45, 2.75) is 19.6 Å². The van der Waals surface area contributed by atoms with Gasteiger partial charge in [0.15, 0.2) is 5.13 Å². The standard InChI is InChI=1S/C14H25N3O3S/c1-18-8-4-15-10-13-12(11-19-2)16-14(21-13)17-5-3-7-20-9-6-17/h15H,3-11H2,1-2H3. The van der Waals surface area contributed by atoms with Gasteiger partial charge in [0.2, 0.25) is 0 Å². The van der Waals surface area contributed by atoms with Crippen molar-refractivity contribution < 1.29 is 14.2 Å². The van der Waals surface area contributed by atoms with E-state index in [-0.39, 0.29) is 0 Å². The highest BCUT2D eigenvalue weighted by molar-refractivity contribution is 7.15. The lowest BCUT2D eigenvalue weighted by atomic mass is 10.3. The molecule has 6 nitrogen and oxygen atoms in total. The van der Waals surface area contributed by atoms with Gasteiger partial charge in [-0.3, -0.25) is 0 Å². The molecule has 1 fully saturated rings. The summed E-state index contributed by atoms with van der Waals surface area (Å²) in [6.07, 6.45) is 1.06. The number of thiazole rings is 1. The molecule has 21 heavy (non-hydrogen) atoms. The van der Waals surface area contributed by atoms with E-state index >= 15 is 0 Å². The van der Waals surface area contributed by atoms with Gasteiger partial charge in [-0.25, -0.2) is 4.98 Å². The number of nitrogens with zero attached hydrogens (tertiary/aromatic N) is 2. The minimum Gasteiger partial charge on any atom is -0.383 e. The third-order valence-electron chi connectivity index (χ3n) is 3.31. The highest BCUT2D eigenvalue weighted by atomic mass is 32.1. The number of hydrogen-bond donors (Lipinski definition) is 1. The molecule has 0 atom stereocenters. The summed E-state index contributed by atoms with van der Waals surface area (Å²) in [4.78, 5) is 8.32. The molecule has 0 bridgehead atoms. The molecule has 1 aliphatic heterocycles. The van der Waals surface area contributed by atoms with Gasteiger partial charge in [0.1, 0.15) is 0 Å². The van der Waals surface area contributed by atoms with Crippen LogP contribution in [0.15, 0.2) is 0 Å². The molecule has 1 N–H and O–H groups in total. The zero-order chi connectivity index (χ0) is 14.9. The molecule has 0 amide bonds. The molecule has 2 rings (SSSR count). The van der Waals surface area contributed by atoms with Crippen LogP contribution in [-0.4, -0.2) is 58.7 Å². The van der Waals surface area contributed by atoms with Crippen molar-refractivity contribution in [2.24, 2.45) is 0 Å². The van der Waals surface area contributed by atoms with Gasteiger partial charge in [0.25, 0.3) is 0 Å². The number of hydrogen-bond acceptors (Lipinski definition) is 7. The molecule has 0 spiro atoms. The van der Waals surface area contributed by atoms with Crippen LogP contribution < -0.4 is 10.2 Å². The Balaban J connectivity index is 2.00. The van der Waals surface area contributed by atoms with Gasteiger partial charge in [-0.2, -0.15) is 0 Å². The fraction of sp³-hybridized carbons (Fsp3) is 0.786. The normalized spacial score (nSPS) is 16.2. The number of anilines is 1. The van der Waals surface area contributed by atoms with E-state index < -0.39 is 0 Å². The van der Waals surface area contributed by atoms with Crippen molar-refractivity contribution in [3.63, 3.8) is 0 Å². The number of ether oxygens (including phenoxy) is 3. The second-order valence-electron chi connectivity index (χ2n) is 4.92.